The number of nitrogens with zero attached hydrogens (tertiary/aromatic N) is 1. The van der Waals surface area contributed by atoms with Gasteiger partial charge in [-0.05, 0) is 54.4 Å². The number of hydrogen-bond donors (Lipinski definition) is 1. The molecule has 4 heteroatoms. The predicted octanol–water partition coefficient (Wildman–Crippen LogP) is 6.27. The molecule has 2 fully saturated rings. The average Bonchev–Trinajstić information content (AvgIpc) is 3.32. The number of aliphatic hydroxyl groups is 1. The molecule has 2 aliphatic heterocycles. The van der Waals surface area contributed by atoms with E-state index >= 15 is 0 Å². The van der Waals surface area contributed by atoms with Gasteiger partial charge in [0.15, 0.2) is 0 Å². The van der Waals surface area contributed by atoms with Crippen molar-refractivity contribution in [3.05, 3.63) is 59.7 Å². The van der Waals surface area contributed by atoms with Crippen LogP contribution in [0.3, 0.4) is 0 Å². The van der Waals surface area contributed by atoms with Crippen LogP contribution in [0, 0.1) is 11.8 Å². The standard InChI is InChI=1S/C30H35NO3/c1-2-3-4-5-6-11-18-30(33)19-22-16-17-23(20-30)31(22)29(32)34-21-28-26-14-9-7-12-24(26)25-13-8-10-15-27(25)28/h7-10,12-15,22-23,28,33H,2-5,16-21H2,1H3. The van der Waals surface area contributed by atoms with Gasteiger partial charge in [-0.25, -0.2) is 4.79 Å². The number of carbonyl (C=O) groups excluding carboxylic acids is 1. The molecular weight excluding hydrogens is 422 g/mol. The van der Waals surface area contributed by atoms with E-state index in [0.717, 1.165) is 25.7 Å². The summed E-state index contributed by atoms with van der Waals surface area (Å²) in [6.45, 7) is 2.53. The highest BCUT2D eigenvalue weighted by Crippen LogP contribution is 2.45. The van der Waals surface area contributed by atoms with E-state index in [-0.39, 0.29) is 24.1 Å². The summed E-state index contributed by atoms with van der Waals surface area (Å²) in [5.41, 5.74) is 4.13. The third kappa shape index (κ3) is 4.46. The van der Waals surface area contributed by atoms with Crippen molar-refractivity contribution in [2.24, 2.45) is 0 Å². The molecule has 2 aromatic rings. The van der Waals surface area contributed by atoms with Crippen molar-refractivity contribution in [3.8, 4) is 23.0 Å². The maximum absolute atomic E-state index is 13.2. The number of rotatable bonds is 6. The van der Waals surface area contributed by atoms with Gasteiger partial charge in [0.25, 0.3) is 0 Å². The maximum Gasteiger partial charge on any atom is 0.410 e. The average molecular weight is 458 g/mol. The Morgan fingerprint density at radius 3 is 2.24 bits per heavy atom. The molecule has 0 spiro atoms. The van der Waals surface area contributed by atoms with Crippen LogP contribution in [0.15, 0.2) is 48.5 Å². The molecule has 2 aromatic carbocycles. The molecule has 2 heterocycles. The van der Waals surface area contributed by atoms with Gasteiger partial charge in [-0.1, -0.05) is 68.3 Å². The van der Waals surface area contributed by atoms with Gasteiger partial charge in [0, 0.05) is 30.8 Å². The highest BCUT2D eigenvalue weighted by Gasteiger charge is 2.49. The van der Waals surface area contributed by atoms with Crippen LogP contribution in [-0.4, -0.2) is 40.4 Å². The minimum atomic E-state index is -0.788. The fraction of sp³-hybridized carbons (Fsp3) is 0.500. The SMILES string of the molecule is CCCCCC#CCC1(O)CC2CCC(C1)N2C(=O)OCC1c2ccccc2-c2ccccc21. The molecule has 2 saturated heterocycles. The van der Waals surface area contributed by atoms with Gasteiger partial charge in [-0.3, -0.25) is 0 Å². The quantitative estimate of drug-likeness (QED) is 0.411. The van der Waals surface area contributed by atoms with Crippen molar-refractivity contribution in [2.45, 2.75) is 88.3 Å². The van der Waals surface area contributed by atoms with Crippen LogP contribution in [0.2, 0.25) is 0 Å². The number of carbonyl (C=O) groups is 1. The van der Waals surface area contributed by atoms with Crippen LogP contribution >= 0.6 is 0 Å². The third-order valence-electron chi connectivity index (χ3n) is 7.85. The van der Waals surface area contributed by atoms with Crippen molar-refractivity contribution in [1.82, 2.24) is 4.90 Å². The lowest BCUT2D eigenvalue weighted by Gasteiger charge is -2.42. The van der Waals surface area contributed by atoms with E-state index in [2.05, 4.69) is 67.3 Å². The summed E-state index contributed by atoms with van der Waals surface area (Å²) >= 11 is 0. The van der Waals surface area contributed by atoms with Gasteiger partial charge in [-0.15, -0.1) is 11.8 Å². The summed E-state index contributed by atoms with van der Waals surface area (Å²) in [5.74, 6) is 6.51. The van der Waals surface area contributed by atoms with Crippen molar-refractivity contribution in [1.29, 1.82) is 0 Å². The fourth-order valence-corrected chi connectivity index (χ4v) is 6.21. The van der Waals surface area contributed by atoms with E-state index in [9.17, 15) is 9.90 Å². The lowest BCUT2D eigenvalue weighted by molar-refractivity contribution is -0.0449. The first-order valence-corrected chi connectivity index (χ1v) is 12.9. The summed E-state index contributed by atoms with van der Waals surface area (Å²) in [4.78, 5) is 15.1. The van der Waals surface area contributed by atoms with Crippen molar-refractivity contribution < 1.29 is 14.6 Å². The Morgan fingerprint density at radius 2 is 1.62 bits per heavy atom. The van der Waals surface area contributed by atoms with E-state index in [1.54, 1.807) is 0 Å². The second-order valence-electron chi connectivity index (χ2n) is 10.2. The zero-order valence-electron chi connectivity index (χ0n) is 20.1. The number of piperidine rings is 1. The largest absolute Gasteiger partial charge is 0.448 e. The first-order chi connectivity index (χ1) is 16.6. The molecule has 0 radical (unpaired) electrons. The van der Waals surface area contributed by atoms with E-state index in [0.29, 0.717) is 25.9 Å². The zero-order valence-corrected chi connectivity index (χ0v) is 20.1. The number of ether oxygens (including phenoxy) is 1. The van der Waals surface area contributed by atoms with E-state index < -0.39 is 5.60 Å². The number of hydrogen-bond acceptors (Lipinski definition) is 3. The molecule has 0 saturated carbocycles. The van der Waals surface area contributed by atoms with Crippen LogP contribution in [0.25, 0.3) is 11.1 Å². The van der Waals surface area contributed by atoms with Crippen LogP contribution in [0.4, 0.5) is 4.79 Å². The Hall–Kier alpha value is -2.77. The molecule has 0 aromatic heterocycles. The Bertz CT molecular complexity index is 1040. The molecule has 5 rings (SSSR count). The Balaban J connectivity index is 1.21. The highest BCUT2D eigenvalue weighted by atomic mass is 16.6. The van der Waals surface area contributed by atoms with Crippen LogP contribution < -0.4 is 0 Å². The molecule has 34 heavy (non-hydrogen) atoms. The number of fused-ring (bicyclic) bond motifs is 5. The molecule has 4 nitrogen and oxygen atoms in total. The lowest BCUT2D eigenvalue weighted by atomic mass is 9.84. The highest BCUT2D eigenvalue weighted by molar-refractivity contribution is 5.79. The fourth-order valence-electron chi connectivity index (χ4n) is 6.21. The Kier molecular flexibility index (Phi) is 6.66. The molecule has 1 N–H and O–H groups in total. The minimum absolute atomic E-state index is 0.0429. The topological polar surface area (TPSA) is 49.8 Å². The van der Waals surface area contributed by atoms with Gasteiger partial charge < -0.3 is 14.7 Å². The Morgan fingerprint density at radius 1 is 1.00 bits per heavy atom. The molecule has 1 aliphatic carbocycles. The normalized spacial score (nSPS) is 24.8. The summed E-state index contributed by atoms with van der Waals surface area (Å²) < 4.78 is 5.94. The second-order valence-corrected chi connectivity index (χ2v) is 10.2. The first kappa shape index (κ1) is 23.0. The zero-order chi connectivity index (χ0) is 23.5. The molecule has 178 valence electrons. The number of amides is 1. The van der Waals surface area contributed by atoms with Gasteiger partial charge in [-0.2, -0.15) is 0 Å². The van der Waals surface area contributed by atoms with Crippen molar-refractivity contribution >= 4 is 6.09 Å². The van der Waals surface area contributed by atoms with E-state index in [4.69, 9.17) is 4.74 Å². The van der Waals surface area contributed by atoms with Crippen molar-refractivity contribution in [3.63, 3.8) is 0 Å². The molecule has 2 unspecified atom stereocenters. The van der Waals surface area contributed by atoms with Gasteiger partial charge in [0.1, 0.15) is 6.61 Å². The van der Waals surface area contributed by atoms with E-state index in [1.807, 2.05) is 4.90 Å². The van der Waals surface area contributed by atoms with Crippen LogP contribution in [0.1, 0.15) is 81.8 Å². The monoisotopic (exact) mass is 457 g/mol. The predicted molar refractivity (Wildman–Crippen MR) is 134 cm³/mol. The van der Waals surface area contributed by atoms with Gasteiger partial charge >= 0.3 is 6.09 Å². The van der Waals surface area contributed by atoms with E-state index in [1.165, 1.54) is 35.1 Å². The molecule has 3 aliphatic rings. The second kappa shape index (κ2) is 9.84. The molecular formula is C30H35NO3. The summed E-state index contributed by atoms with van der Waals surface area (Å²) in [6.07, 6.45) is 7.76. The number of unbranched alkanes of at least 4 members (excludes halogenated alkanes) is 3. The molecule has 2 atom stereocenters. The minimum Gasteiger partial charge on any atom is -0.448 e. The van der Waals surface area contributed by atoms with Crippen LogP contribution in [0.5, 0.6) is 0 Å². The third-order valence-corrected chi connectivity index (χ3v) is 7.85. The summed E-state index contributed by atoms with van der Waals surface area (Å²) in [6, 6.07) is 16.9. The summed E-state index contributed by atoms with van der Waals surface area (Å²) in [7, 11) is 0. The first-order valence-electron chi connectivity index (χ1n) is 12.9. The number of benzene rings is 2. The Labute approximate surface area is 203 Å². The van der Waals surface area contributed by atoms with Gasteiger partial charge in [0.05, 0.1) is 5.60 Å². The summed E-state index contributed by atoms with van der Waals surface area (Å²) in [5, 5.41) is 11.2. The molecule has 2 bridgehead atoms. The lowest BCUT2D eigenvalue weighted by Crippen LogP contribution is -2.53. The smallest absolute Gasteiger partial charge is 0.410 e. The molecule has 1 amide bonds. The van der Waals surface area contributed by atoms with Gasteiger partial charge in [0.2, 0.25) is 0 Å². The van der Waals surface area contributed by atoms with Crippen molar-refractivity contribution in [2.75, 3.05) is 6.61 Å². The maximum atomic E-state index is 13.2. The van der Waals surface area contributed by atoms with Crippen LogP contribution in [-0.2, 0) is 4.74 Å².